The van der Waals surface area contributed by atoms with Gasteiger partial charge < -0.3 is 19.4 Å². The molecule has 1 aromatic heterocycles. The summed E-state index contributed by atoms with van der Waals surface area (Å²) < 4.78 is 25.8. The molecule has 2 N–H and O–H groups in total. The minimum atomic E-state index is -0.773. The summed E-state index contributed by atoms with van der Waals surface area (Å²) in [5, 5.41) is 0. The van der Waals surface area contributed by atoms with E-state index < -0.39 is 5.79 Å². The van der Waals surface area contributed by atoms with Crippen LogP contribution in [-0.2, 0) is 21.7 Å². The number of ether oxygens (including phenoxy) is 2. The van der Waals surface area contributed by atoms with Crippen molar-refractivity contribution in [2.24, 2.45) is 5.92 Å². The van der Waals surface area contributed by atoms with Crippen LogP contribution >= 0.6 is 12.2 Å². The molecule has 0 amide bonds. The topological polar surface area (TPSA) is 70.4 Å². The Labute approximate surface area is 167 Å². The van der Waals surface area contributed by atoms with Crippen LogP contribution in [0.1, 0.15) is 24.0 Å². The van der Waals surface area contributed by atoms with Crippen molar-refractivity contribution < 1.29 is 13.9 Å². The highest BCUT2D eigenvalue weighted by molar-refractivity contribution is 7.71. The number of H-pyrrole nitrogens is 2. The third kappa shape index (κ3) is 3.96. The molecule has 8 heteroatoms. The van der Waals surface area contributed by atoms with Crippen LogP contribution in [0, 0.1) is 16.5 Å². The van der Waals surface area contributed by atoms with E-state index in [-0.39, 0.29) is 17.3 Å². The fourth-order valence-corrected chi connectivity index (χ4v) is 4.34. The molecule has 3 heterocycles. The first-order chi connectivity index (χ1) is 13.6. The number of benzene rings is 1. The lowest BCUT2D eigenvalue weighted by atomic mass is 9.84. The molecule has 0 atom stereocenters. The van der Waals surface area contributed by atoms with Gasteiger partial charge in [-0.05, 0) is 56.7 Å². The number of aromatic amines is 2. The minimum Gasteiger partial charge on any atom is -0.343 e. The normalized spacial score (nSPS) is 20.5. The molecule has 0 saturated carbocycles. The fraction of sp³-hybridized carbons (Fsp3) is 0.500. The Kier molecular flexibility index (Phi) is 5.73. The molecule has 4 rings (SSSR count). The second-order valence-corrected chi connectivity index (χ2v) is 7.74. The zero-order chi connectivity index (χ0) is 19.6. The van der Waals surface area contributed by atoms with Crippen molar-refractivity contribution in [3.8, 4) is 0 Å². The second-order valence-electron chi connectivity index (χ2n) is 7.33. The monoisotopic (exact) mass is 405 g/mol. The van der Waals surface area contributed by atoms with Crippen molar-refractivity contribution in [1.82, 2.24) is 14.9 Å². The number of piperidine rings is 1. The van der Waals surface area contributed by atoms with Crippen molar-refractivity contribution in [3.63, 3.8) is 0 Å². The zero-order valence-electron chi connectivity index (χ0n) is 15.6. The Hall–Kier alpha value is -1.87. The van der Waals surface area contributed by atoms with Gasteiger partial charge in [-0.15, -0.1) is 0 Å². The molecule has 6 nitrogen and oxygen atoms in total. The van der Waals surface area contributed by atoms with Crippen LogP contribution in [0.4, 0.5) is 4.39 Å². The van der Waals surface area contributed by atoms with Gasteiger partial charge in [-0.3, -0.25) is 9.78 Å². The summed E-state index contributed by atoms with van der Waals surface area (Å²) in [7, 11) is 0. The van der Waals surface area contributed by atoms with E-state index >= 15 is 0 Å². The highest BCUT2D eigenvalue weighted by atomic mass is 32.1. The molecule has 150 valence electrons. The van der Waals surface area contributed by atoms with Crippen molar-refractivity contribution in [1.29, 1.82) is 0 Å². The van der Waals surface area contributed by atoms with Crippen LogP contribution in [0.25, 0.3) is 0 Å². The maximum absolute atomic E-state index is 13.3. The lowest BCUT2D eigenvalue weighted by molar-refractivity contribution is -0.214. The maximum atomic E-state index is 13.3. The van der Waals surface area contributed by atoms with E-state index in [1.165, 1.54) is 12.1 Å². The highest BCUT2D eigenvalue weighted by Gasteiger charge is 2.46. The molecule has 0 bridgehead atoms. The molecular weight excluding hydrogens is 381 g/mol. The van der Waals surface area contributed by atoms with Gasteiger partial charge in [0.2, 0.25) is 0 Å². The third-order valence-electron chi connectivity index (χ3n) is 5.68. The van der Waals surface area contributed by atoms with Crippen molar-refractivity contribution >= 4 is 12.2 Å². The molecule has 0 aliphatic carbocycles. The Balaban J connectivity index is 1.39. The van der Waals surface area contributed by atoms with E-state index in [0.29, 0.717) is 30.0 Å². The SMILES string of the molecule is O=c1[nH]c(=S)[nH]cc1CCN1CCC(C2(c3ccc(F)cc3)OCCO2)CC1. The smallest absolute Gasteiger partial charge is 0.254 e. The van der Waals surface area contributed by atoms with Gasteiger partial charge >= 0.3 is 0 Å². The number of likely N-dealkylation sites (tertiary alicyclic amines) is 1. The molecule has 2 aromatic rings. The van der Waals surface area contributed by atoms with Gasteiger partial charge in [-0.2, -0.15) is 0 Å². The van der Waals surface area contributed by atoms with E-state index in [1.54, 1.807) is 18.3 Å². The lowest BCUT2D eigenvalue weighted by Gasteiger charge is -2.41. The number of hydrogen-bond acceptors (Lipinski definition) is 5. The summed E-state index contributed by atoms with van der Waals surface area (Å²) >= 11 is 4.93. The van der Waals surface area contributed by atoms with E-state index in [0.717, 1.165) is 38.0 Å². The third-order valence-corrected chi connectivity index (χ3v) is 5.90. The standard InChI is InChI=1S/C20H24FN3O3S/c21-17-3-1-15(2-4-17)20(26-11-12-27-20)16-6-9-24(10-7-16)8-5-14-13-22-19(28)23-18(14)25/h1-4,13,16H,5-12H2,(H2,22,23,25,28). The summed E-state index contributed by atoms with van der Waals surface area (Å²) in [6.07, 6.45) is 4.20. The molecule has 2 aliphatic heterocycles. The molecule has 2 fully saturated rings. The van der Waals surface area contributed by atoms with Gasteiger partial charge in [0.25, 0.3) is 5.56 Å². The van der Waals surface area contributed by atoms with Gasteiger partial charge in [-0.25, -0.2) is 4.39 Å². The zero-order valence-corrected chi connectivity index (χ0v) is 16.4. The average Bonchev–Trinajstić information content (AvgIpc) is 3.19. The highest BCUT2D eigenvalue weighted by Crippen LogP contribution is 2.43. The van der Waals surface area contributed by atoms with Crippen LogP contribution in [0.15, 0.2) is 35.3 Å². The van der Waals surface area contributed by atoms with E-state index in [1.807, 2.05) is 0 Å². The average molecular weight is 405 g/mol. The number of nitrogens with one attached hydrogen (secondary N) is 2. The van der Waals surface area contributed by atoms with Crippen molar-refractivity contribution in [2.75, 3.05) is 32.8 Å². The molecule has 2 aliphatic rings. The lowest BCUT2D eigenvalue weighted by Crippen LogP contribution is -2.44. The summed E-state index contributed by atoms with van der Waals surface area (Å²) in [6.45, 7) is 3.72. The molecule has 28 heavy (non-hydrogen) atoms. The van der Waals surface area contributed by atoms with E-state index in [2.05, 4.69) is 14.9 Å². The first-order valence-corrected chi connectivity index (χ1v) is 10.0. The summed E-state index contributed by atoms with van der Waals surface area (Å²) in [4.78, 5) is 19.8. The molecule has 0 spiro atoms. The molecule has 0 unspecified atom stereocenters. The first kappa shape index (κ1) is 19.4. The molecule has 0 radical (unpaired) electrons. The Morgan fingerprint density at radius 3 is 2.50 bits per heavy atom. The van der Waals surface area contributed by atoms with Crippen LogP contribution in [-0.4, -0.2) is 47.7 Å². The first-order valence-electron chi connectivity index (χ1n) is 9.64. The number of nitrogens with zero attached hydrogens (tertiary/aromatic N) is 1. The van der Waals surface area contributed by atoms with Crippen LogP contribution in [0.5, 0.6) is 0 Å². The van der Waals surface area contributed by atoms with Gasteiger partial charge in [0.05, 0.1) is 13.2 Å². The van der Waals surface area contributed by atoms with Crippen LogP contribution in [0.2, 0.25) is 0 Å². The largest absolute Gasteiger partial charge is 0.343 e. The van der Waals surface area contributed by atoms with Gasteiger partial charge in [0, 0.05) is 29.8 Å². The fourth-order valence-electron chi connectivity index (χ4n) is 4.19. The van der Waals surface area contributed by atoms with Crippen molar-refractivity contribution in [3.05, 3.63) is 62.5 Å². The van der Waals surface area contributed by atoms with Gasteiger partial charge in [-0.1, -0.05) is 12.1 Å². The number of rotatable bonds is 5. The number of halogens is 1. The second kappa shape index (κ2) is 8.24. The molecule has 1 aromatic carbocycles. The Morgan fingerprint density at radius 1 is 1.18 bits per heavy atom. The van der Waals surface area contributed by atoms with Gasteiger partial charge in [0.1, 0.15) is 5.82 Å². The van der Waals surface area contributed by atoms with Crippen LogP contribution < -0.4 is 5.56 Å². The van der Waals surface area contributed by atoms with E-state index in [4.69, 9.17) is 21.7 Å². The Bertz CT molecular complexity index is 913. The molecular formula is C20H24FN3O3S. The van der Waals surface area contributed by atoms with Crippen molar-refractivity contribution in [2.45, 2.75) is 25.0 Å². The summed E-state index contributed by atoms with van der Waals surface area (Å²) in [5.41, 5.74) is 1.47. The van der Waals surface area contributed by atoms with Gasteiger partial charge in [0.15, 0.2) is 10.6 Å². The van der Waals surface area contributed by atoms with Crippen LogP contribution in [0.3, 0.4) is 0 Å². The minimum absolute atomic E-state index is 0.123. The predicted octanol–water partition coefficient (Wildman–Crippen LogP) is 2.73. The summed E-state index contributed by atoms with van der Waals surface area (Å²) in [6, 6.07) is 6.44. The Morgan fingerprint density at radius 2 is 1.86 bits per heavy atom. The maximum Gasteiger partial charge on any atom is 0.254 e. The number of hydrogen-bond donors (Lipinski definition) is 2. The molecule has 2 saturated heterocycles. The predicted molar refractivity (Wildman–Crippen MR) is 105 cm³/mol. The van der Waals surface area contributed by atoms with E-state index in [9.17, 15) is 9.18 Å². The number of aromatic nitrogens is 2. The summed E-state index contributed by atoms with van der Waals surface area (Å²) in [5.74, 6) is -0.818. The quantitative estimate of drug-likeness (QED) is 0.749.